The zero-order valence-corrected chi connectivity index (χ0v) is 19.5. The summed E-state index contributed by atoms with van der Waals surface area (Å²) in [5.74, 6) is 1.37. The summed E-state index contributed by atoms with van der Waals surface area (Å²) in [4.78, 5) is 17.5. The van der Waals surface area contributed by atoms with Crippen LogP contribution in [0.15, 0.2) is 104 Å². The number of anilines is 2. The van der Waals surface area contributed by atoms with Gasteiger partial charge < -0.3 is 20.5 Å². The number of nitrogens with zero attached hydrogens (tertiary/aromatic N) is 3. The quantitative estimate of drug-likeness (QED) is 0.297. The molecule has 0 fully saturated rings. The number of hydrogen-bond donors (Lipinski definition) is 2. The molecule has 2 heterocycles. The summed E-state index contributed by atoms with van der Waals surface area (Å²) in [5, 5.41) is 7.65. The number of rotatable bonds is 7. The predicted molar refractivity (Wildman–Crippen MR) is 139 cm³/mol. The van der Waals surface area contributed by atoms with Gasteiger partial charge in [0.2, 0.25) is 0 Å². The van der Waals surface area contributed by atoms with Crippen LogP contribution in [0, 0.1) is 0 Å². The molecule has 3 N–H and O–H groups in total. The number of pyridine rings is 1. The number of amides is 1. The Balaban J connectivity index is 1.49. The largest absolute Gasteiger partial charge is 0.497 e. The zero-order chi connectivity index (χ0) is 24.9. The smallest absolute Gasteiger partial charge is 0.259 e. The van der Waals surface area contributed by atoms with Gasteiger partial charge in [0.15, 0.2) is 0 Å². The van der Waals surface area contributed by atoms with E-state index in [-0.39, 0.29) is 5.91 Å². The Kier molecular flexibility index (Phi) is 6.31. The highest BCUT2D eigenvalue weighted by atomic mass is 16.5. The fraction of sp³-hybridized carbons (Fsp3) is 0.0357. The number of para-hydroxylation sites is 1. The number of carbonyl (C=O) groups is 1. The second-order valence-electron chi connectivity index (χ2n) is 7.94. The molecule has 2 aromatic heterocycles. The number of nitrogens with two attached hydrogens (primary N) is 1. The number of carbonyl (C=O) groups excluding carboxylic acids is 1. The van der Waals surface area contributed by atoms with Gasteiger partial charge in [-0.15, -0.1) is 0 Å². The number of benzene rings is 3. The molecule has 8 nitrogen and oxygen atoms in total. The molecule has 0 aliphatic rings. The average Bonchev–Trinajstić information content (AvgIpc) is 3.35. The maximum absolute atomic E-state index is 13.5. The van der Waals surface area contributed by atoms with Crippen molar-refractivity contribution < 1.29 is 14.3 Å². The van der Waals surface area contributed by atoms with Gasteiger partial charge in [0.1, 0.15) is 22.9 Å². The highest BCUT2D eigenvalue weighted by molar-refractivity contribution is 6.08. The van der Waals surface area contributed by atoms with Crippen molar-refractivity contribution in [3.05, 3.63) is 109 Å². The topological polar surface area (TPSA) is 104 Å². The highest BCUT2D eigenvalue weighted by Gasteiger charge is 2.20. The van der Waals surface area contributed by atoms with E-state index < -0.39 is 0 Å². The number of nitrogen functional groups attached to an aromatic ring is 1. The first kappa shape index (κ1) is 22.7. The average molecular weight is 478 g/mol. The van der Waals surface area contributed by atoms with Gasteiger partial charge in [-0.3, -0.25) is 9.78 Å². The zero-order valence-electron chi connectivity index (χ0n) is 19.5. The first-order valence-corrected chi connectivity index (χ1v) is 11.2. The van der Waals surface area contributed by atoms with E-state index in [9.17, 15) is 4.79 Å². The Morgan fingerprint density at radius 1 is 0.917 bits per heavy atom. The molecular formula is C28H23N5O3. The van der Waals surface area contributed by atoms with Crippen LogP contribution in [0.3, 0.4) is 0 Å². The molecule has 0 aliphatic heterocycles. The minimum Gasteiger partial charge on any atom is -0.497 e. The monoisotopic (exact) mass is 477 g/mol. The van der Waals surface area contributed by atoms with E-state index in [1.54, 1.807) is 60.7 Å². The molecule has 0 radical (unpaired) electrons. The van der Waals surface area contributed by atoms with E-state index in [1.165, 1.54) is 0 Å². The molecule has 0 spiro atoms. The van der Waals surface area contributed by atoms with Crippen LogP contribution in [0.4, 0.5) is 11.4 Å². The molecule has 0 bridgehead atoms. The van der Waals surface area contributed by atoms with Crippen molar-refractivity contribution in [2.75, 3.05) is 18.2 Å². The minimum absolute atomic E-state index is 0.340. The van der Waals surface area contributed by atoms with Crippen LogP contribution in [-0.2, 0) is 0 Å². The first-order chi connectivity index (χ1) is 17.6. The fourth-order valence-electron chi connectivity index (χ4n) is 3.73. The van der Waals surface area contributed by atoms with Crippen molar-refractivity contribution in [3.63, 3.8) is 0 Å². The predicted octanol–water partition coefficient (Wildman–Crippen LogP) is 5.57. The van der Waals surface area contributed by atoms with Gasteiger partial charge >= 0.3 is 0 Å². The third-order valence-electron chi connectivity index (χ3n) is 5.38. The molecule has 178 valence electrons. The Morgan fingerprint density at radius 2 is 1.75 bits per heavy atom. The number of nitrogens with one attached hydrogen (secondary N) is 1. The van der Waals surface area contributed by atoms with Crippen molar-refractivity contribution in [3.8, 4) is 34.2 Å². The van der Waals surface area contributed by atoms with E-state index in [0.717, 1.165) is 11.3 Å². The molecule has 3 aromatic carbocycles. The SMILES string of the molecule is COc1cccc(-c2nn(-c3ccccc3)cc2C(=O)Nc2cc(N)cc(Oc3cccnc3)c2)c1. The summed E-state index contributed by atoms with van der Waals surface area (Å²) in [6, 6.07) is 25.6. The Bertz CT molecular complexity index is 1500. The number of aromatic nitrogens is 3. The summed E-state index contributed by atoms with van der Waals surface area (Å²) in [6.07, 6.45) is 4.96. The van der Waals surface area contributed by atoms with Crippen molar-refractivity contribution >= 4 is 17.3 Å². The molecule has 0 atom stereocenters. The van der Waals surface area contributed by atoms with Gasteiger partial charge in [0.25, 0.3) is 5.91 Å². The molecule has 36 heavy (non-hydrogen) atoms. The van der Waals surface area contributed by atoms with Crippen LogP contribution in [0.25, 0.3) is 16.9 Å². The van der Waals surface area contributed by atoms with E-state index in [1.807, 2.05) is 54.6 Å². The third-order valence-corrected chi connectivity index (χ3v) is 5.38. The third kappa shape index (κ3) is 5.02. The molecule has 5 aromatic rings. The lowest BCUT2D eigenvalue weighted by Gasteiger charge is -2.10. The summed E-state index contributed by atoms with van der Waals surface area (Å²) in [6.45, 7) is 0. The highest BCUT2D eigenvalue weighted by Crippen LogP contribution is 2.30. The summed E-state index contributed by atoms with van der Waals surface area (Å²) < 4.78 is 12.9. The van der Waals surface area contributed by atoms with E-state index in [4.69, 9.17) is 20.3 Å². The van der Waals surface area contributed by atoms with Crippen LogP contribution in [-0.4, -0.2) is 27.8 Å². The van der Waals surface area contributed by atoms with Gasteiger partial charge in [0.05, 0.1) is 24.6 Å². The Morgan fingerprint density at radius 3 is 2.53 bits per heavy atom. The van der Waals surface area contributed by atoms with Crippen LogP contribution >= 0.6 is 0 Å². The van der Waals surface area contributed by atoms with Gasteiger partial charge in [0, 0.05) is 41.5 Å². The number of ether oxygens (including phenoxy) is 2. The molecule has 0 aliphatic carbocycles. The maximum Gasteiger partial charge on any atom is 0.259 e. The Labute approximate surface area is 207 Å². The normalized spacial score (nSPS) is 10.6. The summed E-state index contributed by atoms with van der Waals surface area (Å²) in [5.41, 5.74) is 9.51. The summed E-state index contributed by atoms with van der Waals surface area (Å²) in [7, 11) is 1.60. The second-order valence-corrected chi connectivity index (χ2v) is 7.94. The summed E-state index contributed by atoms with van der Waals surface area (Å²) >= 11 is 0. The van der Waals surface area contributed by atoms with Gasteiger partial charge in [-0.1, -0.05) is 30.3 Å². The van der Waals surface area contributed by atoms with Crippen molar-refractivity contribution in [1.82, 2.24) is 14.8 Å². The fourth-order valence-corrected chi connectivity index (χ4v) is 3.73. The standard InChI is InChI=1S/C28H23N5O3/c1-35-23-10-5-7-19(13-23)27-26(18-33(32-27)22-8-3-2-4-9-22)28(34)31-21-14-20(29)15-25(16-21)36-24-11-6-12-30-17-24/h2-18H,29H2,1H3,(H,31,34). The lowest BCUT2D eigenvalue weighted by molar-refractivity contribution is 0.102. The van der Waals surface area contributed by atoms with Crippen molar-refractivity contribution in [1.29, 1.82) is 0 Å². The van der Waals surface area contributed by atoms with Crippen LogP contribution in [0.2, 0.25) is 0 Å². The molecule has 0 unspecified atom stereocenters. The number of methoxy groups -OCH3 is 1. The molecule has 0 saturated carbocycles. The van der Waals surface area contributed by atoms with E-state index >= 15 is 0 Å². The van der Waals surface area contributed by atoms with Gasteiger partial charge in [-0.2, -0.15) is 5.10 Å². The molecule has 0 saturated heterocycles. The van der Waals surface area contributed by atoms with Crippen molar-refractivity contribution in [2.24, 2.45) is 0 Å². The van der Waals surface area contributed by atoms with E-state index in [0.29, 0.717) is 39.9 Å². The van der Waals surface area contributed by atoms with Crippen LogP contribution in [0.1, 0.15) is 10.4 Å². The molecule has 5 rings (SSSR count). The second kappa shape index (κ2) is 10.0. The van der Waals surface area contributed by atoms with Gasteiger partial charge in [-0.25, -0.2) is 4.68 Å². The van der Waals surface area contributed by atoms with Crippen LogP contribution in [0.5, 0.6) is 17.2 Å². The van der Waals surface area contributed by atoms with Crippen LogP contribution < -0.4 is 20.5 Å². The van der Waals surface area contributed by atoms with Gasteiger partial charge in [-0.05, 0) is 42.5 Å². The number of hydrogen-bond acceptors (Lipinski definition) is 6. The van der Waals surface area contributed by atoms with Crippen molar-refractivity contribution in [2.45, 2.75) is 0 Å². The lowest BCUT2D eigenvalue weighted by atomic mass is 10.1. The molecule has 1 amide bonds. The van der Waals surface area contributed by atoms with E-state index in [2.05, 4.69) is 10.3 Å². The Hall–Kier alpha value is -5.11. The minimum atomic E-state index is -0.340. The maximum atomic E-state index is 13.5. The molecule has 8 heteroatoms. The molecular weight excluding hydrogens is 454 g/mol. The first-order valence-electron chi connectivity index (χ1n) is 11.2. The lowest BCUT2D eigenvalue weighted by Crippen LogP contribution is -2.12.